The number of hydrogen-bond acceptors (Lipinski definition) is 4. The van der Waals surface area contributed by atoms with Crippen LogP contribution in [-0.4, -0.2) is 28.8 Å². The van der Waals surface area contributed by atoms with Crippen LogP contribution in [0.3, 0.4) is 0 Å². The summed E-state index contributed by atoms with van der Waals surface area (Å²) in [6.07, 6.45) is 0.646. The van der Waals surface area contributed by atoms with Gasteiger partial charge in [0.15, 0.2) is 0 Å². The molecule has 1 aromatic rings. The third-order valence-corrected chi connectivity index (χ3v) is 2.15. The molecule has 5 heteroatoms. The molecular weight excluding hydrogens is 196 g/mol. The van der Waals surface area contributed by atoms with E-state index in [9.17, 15) is 4.79 Å². The maximum absolute atomic E-state index is 11.8. The van der Waals surface area contributed by atoms with Gasteiger partial charge in [0.05, 0.1) is 12.3 Å². The Morgan fingerprint density at radius 3 is 2.87 bits per heavy atom. The average Bonchev–Trinajstić information content (AvgIpc) is 2.59. The molecule has 84 valence electrons. The Morgan fingerprint density at radius 1 is 1.67 bits per heavy atom. The first-order valence-corrected chi connectivity index (χ1v) is 4.97. The lowest BCUT2D eigenvalue weighted by molar-refractivity contribution is 0.0920. The van der Waals surface area contributed by atoms with Crippen molar-refractivity contribution in [3.05, 3.63) is 17.0 Å². The average molecular weight is 212 g/mol. The molecule has 1 heterocycles. The van der Waals surface area contributed by atoms with Gasteiger partial charge in [0.25, 0.3) is 5.91 Å². The summed E-state index contributed by atoms with van der Waals surface area (Å²) in [6, 6.07) is -0.267. The second-order valence-corrected chi connectivity index (χ2v) is 3.47. The number of amides is 1. The molecule has 0 unspecified atom stereocenters. The number of carbonyl (C=O) groups excluding carboxylic acids is 1. The van der Waals surface area contributed by atoms with Crippen LogP contribution in [0, 0.1) is 6.92 Å². The van der Waals surface area contributed by atoms with Crippen molar-refractivity contribution in [3.63, 3.8) is 0 Å². The number of aryl methyl sites for hydroxylation is 2. The summed E-state index contributed by atoms with van der Waals surface area (Å²) in [5, 5.41) is 15.3. The van der Waals surface area contributed by atoms with Crippen molar-refractivity contribution in [1.82, 2.24) is 10.5 Å². The van der Waals surface area contributed by atoms with E-state index in [2.05, 4.69) is 10.5 Å². The third kappa shape index (κ3) is 2.56. The van der Waals surface area contributed by atoms with Crippen LogP contribution in [0.25, 0.3) is 0 Å². The van der Waals surface area contributed by atoms with E-state index in [1.807, 2.05) is 6.92 Å². The van der Waals surface area contributed by atoms with Crippen molar-refractivity contribution in [2.24, 2.45) is 0 Å². The van der Waals surface area contributed by atoms with Gasteiger partial charge in [0.1, 0.15) is 11.3 Å². The van der Waals surface area contributed by atoms with Gasteiger partial charge in [-0.05, 0) is 20.3 Å². The summed E-state index contributed by atoms with van der Waals surface area (Å²) in [6.45, 7) is 5.25. The molecule has 1 atom stereocenters. The number of nitrogens with one attached hydrogen (secondary N) is 1. The molecule has 0 aliphatic carbocycles. The summed E-state index contributed by atoms with van der Waals surface area (Å²) >= 11 is 0. The van der Waals surface area contributed by atoms with Crippen molar-refractivity contribution < 1.29 is 14.4 Å². The van der Waals surface area contributed by atoms with Gasteiger partial charge in [-0.2, -0.15) is 0 Å². The predicted molar refractivity (Wildman–Crippen MR) is 54.6 cm³/mol. The van der Waals surface area contributed by atoms with E-state index in [0.717, 1.165) is 0 Å². The lowest BCUT2D eigenvalue weighted by Gasteiger charge is -2.10. The zero-order valence-corrected chi connectivity index (χ0v) is 9.20. The normalized spacial score (nSPS) is 12.5. The van der Waals surface area contributed by atoms with Crippen LogP contribution < -0.4 is 5.32 Å². The fourth-order valence-corrected chi connectivity index (χ4v) is 1.29. The van der Waals surface area contributed by atoms with Crippen molar-refractivity contribution in [2.45, 2.75) is 33.2 Å². The first-order chi connectivity index (χ1) is 7.10. The summed E-state index contributed by atoms with van der Waals surface area (Å²) in [5.74, 6) is 0.265. The second kappa shape index (κ2) is 4.93. The van der Waals surface area contributed by atoms with E-state index in [0.29, 0.717) is 23.4 Å². The topological polar surface area (TPSA) is 75.4 Å². The molecule has 5 nitrogen and oxygen atoms in total. The molecule has 0 saturated carbocycles. The maximum Gasteiger partial charge on any atom is 0.257 e. The van der Waals surface area contributed by atoms with Gasteiger partial charge in [-0.1, -0.05) is 12.1 Å². The monoisotopic (exact) mass is 212 g/mol. The zero-order valence-electron chi connectivity index (χ0n) is 9.20. The molecule has 1 aromatic heterocycles. The molecule has 0 fully saturated rings. The van der Waals surface area contributed by atoms with E-state index in [1.54, 1.807) is 13.8 Å². The molecule has 0 aliphatic heterocycles. The van der Waals surface area contributed by atoms with Gasteiger partial charge in [-0.25, -0.2) is 0 Å². The zero-order chi connectivity index (χ0) is 11.4. The standard InChI is InChI=1S/C10H16N2O3/c1-4-8-9(7(3)15-12-8)10(14)11-6(2)5-13/h6,13H,4-5H2,1-3H3,(H,11,14)/t6-/m0/s1. The number of nitrogens with zero attached hydrogens (tertiary/aromatic N) is 1. The minimum Gasteiger partial charge on any atom is -0.394 e. The number of rotatable bonds is 4. The van der Waals surface area contributed by atoms with Gasteiger partial charge in [-0.15, -0.1) is 0 Å². The first kappa shape index (κ1) is 11.7. The Kier molecular flexibility index (Phi) is 3.85. The van der Waals surface area contributed by atoms with Crippen LogP contribution in [-0.2, 0) is 6.42 Å². The summed E-state index contributed by atoms with van der Waals surface area (Å²) in [4.78, 5) is 11.8. The van der Waals surface area contributed by atoms with Crippen molar-refractivity contribution in [2.75, 3.05) is 6.61 Å². The van der Waals surface area contributed by atoms with E-state index in [1.165, 1.54) is 0 Å². The lowest BCUT2D eigenvalue weighted by atomic mass is 10.1. The number of hydrogen-bond donors (Lipinski definition) is 2. The summed E-state index contributed by atoms with van der Waals surface area (Å²) < 4.78 is 4.95. The third-order valence-electron chi connectivity index (χ3n) is 2.15. The van der Waals surface area contributed by atoms with Crippen LogP contribution in [0.1, 0.15) is 35.7 Å². The van der Waals surface area contributed by atoms with Gasteiger partial charge >= 0.3 is 0 Å². The van der Waals surface area contributed by atoms with Crippen LogP contribution >= 0.6 is 0 Å². The molecule has 2 N–H and O–H groups in total. The largest absolute Gasteiger partial charge is 0.394 e. The van der Waals surface area contributed by atoms with Gasteiger partial charge in [0.2, 0.25) is 0 Å². The van der Waals surface area contributed by atoms with E-state index in [4.69, 9.17) is 9.63 Å². The number of carbonyl (C=O) groups is 1. The fourth-order valence-electron chi connectivity index (χ4n) is 1.29. The molecule has 1 rings (SSSR count). The van der Waals surface area contributed by atoms with Crippen LogP contribution in [0.4, 0.5) is 0 Å². The predicted octanol–water partition coefficient (Wildman–Crippen LogP) is 0.656. The minimum absolute atomic E-state index is 0.0858. The molecule has 0 radical (unpaired) electrons. The molecule has 1 amide bonds. The SMILES string of the molecule is CCc1noc(C)c1C(=O)N[C@@H](C)CO. The molecule has 0 bridgehead atoms. The van der Waals surface area contributed by atoms with Gasteiger partial charge in [0, 0.05) is 6.04 Å². The number of aliphatic hydroxyl groups is 1. The fraction of sp³-hybridized carbons (Fsp3) is 0.600. The van der Waals surface area contributed by atoms with E-state index >= 15 is 0 Å². The Hall–Kier alpha value is -1.36. The molecule has 15 heavy (non-hydrogen) atoms. The highest BCUT2D eigenvalue weighted by Crippen LogP contribution is 2.13. The summed E-state index contributed by atoms with van der Waals surface area (Å²) in [5.41, 5.74) is 1.13. The number of aliphatic hydroxyl groups excluding tert-OH is 1. The minimum atomic E-state index is -0.267. The quantitative estimate of drug-likeness (QED) is 0.768. The number of aromatic nitrogens is 1. The smallest absolute Gasteiger partial charge is 0.257 e. The van der Waals surface area contributed by atoms with Crippen molar-refractivity contribution in [3.8, 4) is 0 Å². The molecular formula is C10H16N2O3. The van der Waals surface area contributed by atoms with Crippen molar-refractivity contribution in [1.29, 1.82) is 0 Å². The first-order valence-electron chi connectivity index (χ1n) is 4.97. The maximum atomic E-state index is 11.8. The van der Waals surface area contributed by atoms with Gasteiger partial charge in [-0.3, -0.25) is 4.79 Å². The highest BCUT2D eigenvalue weighted by Gasteiger charge is 2.19. The Morgan fingerprint density at radius 2 is 2.33 bits per heavy atom. The highest BCUT2D eigenvalue weighted by molar-refractivity contribution is 5.96. The lowest BCUT2D eigenvalue weighted by Crippen LogP contribution is -2.35. The molecule has 0 aliphatic rings. The Balaban J connectivity index is 2.85. The van der Waals surface area contributed by atoms with E-state index in [-0.39, 0.29) is 18.6 Å². The van der Waals surface area contributed by atoms with Crippen LogP contribution in [0.2, 0.25) is 0 Å². The Labute approximate surface area is 88.5 Å². The second-order valence-electron chi connectivity index (χ2n) is 3.47. The van der Waals surface area contributed by atoms with Crippen LogP contribution in [0.15, 0.2) is 4.52 Å². The highest BCUT2D eigenvalue weighted by atomic mass is 16.5. The molecule has 0 saturated heterocycles. The van der Waals surface area contributed by atoms with Crippen LogP contribution in [0.5, 0.6) is 0 Å². The summed E-state index contributed by atoms with van der Waals surface area (Å²) in [7, 11) is 0. The molecule has 0 spiro atoms. The van der Waals surface area contributed by atoms with Crippen molar-refractivity contribution >= 4 is 5.91 Å². The molecule has 0 aromatic carbocycles. The van der Waals surface area contributed by atoms with Gasteiger partial charge < -0.3 is 14.9 Å². The Bertz CT molecular complexity index is 346. The van der Waals surface area contributed by atoms with E-state index < -0.39 is 0 Å².